The number of rotatable bonds is 12. The van der Waals surface area contributed by atoms with Gasteiger partial charge in [-0.15, -0.1) is 0 Å². The van der Waals surface area contributed by atoms with Crippen LogP contribution in [0.25, 0.3) is 28.1 Å². The van der Waals surface area contributed by atoms with Crippen molar-refractivity contribution >= 4 is 41.7 Å². The summed E-state index contributed by atoms with van der Waals surface area (Å²) in [6.07, 6.45) is 3.94. The van der Waals surface area contributed by atoms with Gasteiger partial charge in [0, 0.05) is 32.2 Å². The van der Waals surface area contributed by atoms with Crippen molar-refractivity contribution < 1.29 is 18.5 Å². The molecule has 238 valence electrons. The van der Waals surface area contributed by atoms with Crippen LogP contribution in [0.4, 0.5) is 0 Å². The molecular weight excluding hydrogens is 591 g/mol. The van der Waals surface area contributed by atoms with Crippen LogP contribution in [-0.4, -0.2) is 54.6 Å². The largest absolute Gasteiger partial charge is 0.459 e. The Balaban J connectivity index is 1.59. The van der Waals surface area contributed by atoms with Gasteiger partial charge in [0.05, 0.1) is 50.5 Å². The van der Waals surface area contributed by atoms with E-state index in [4.69, 9.17) is 19.4 Å². The third kappa shape index (κ3) is 7.33. The Morgan fingerprint density at radius 1 is 1.11 bits per heavy atom. The van der Waals surface area contributed by atoms with Crippen LogP contribution in [0.15, 0.2) is 36.5 Å². The number of imidazole rings is 1. The number of nitrogens with one attached hydrogen (secondary N) is 1. The maximum Gasteiger partial charge on any atom is 0.338 e. The second kappa shape index (κ2) is 12.5. The van der Waals surface area contributed by atoms with E-state index in [1.165, 1.54) is 0 Å². The van der Waals surface area contributed by atoms with E-state index >= 15 is 0 Å². The van der Waals surface area contributed by atoms with Crippen LogP contribution in [0, 0.1) is 0 Å². The lowest BCUT2D eigenvalue weighted by Crippen LogP contribution is -2.35. The van der Waals surface area contributed by atoms with Gasteiger partial charge >= 0.3 is 5.97 Å². The number of fused-ring (bicyclic) bond motifs is 2. The predicted octanol–water partition coefficient (Wildman–Crippen LogP) is 7.22. The van der Waals surface area contributed by atoms with Crippen LogP contribution in [-0.2, 0) is 27.2 Å². The van der Waals surface area contributed by atoms with Gasteiger partial charge in [-0.2, -0.15) is 0 Å². The van der Waals surface area contributed by atoms with Crippen LogP contribution in [0.1, 0.15) is 88.1 Å². The summed E-state index contributed by atoms with van der Waals surface area (Å²) in [4.78, 5) is 22.9. The molecule has 0 unspecified atom stereocenters. The highest BCUT2D eigenvalue weighted by atomic mass is 32.2. The molecule has 4 aromatic heterocycles. The van der Waals surface area contributed by atoms with Gasteiger partial charge < -0.3 is 13.9 Å². The van der Waals surface area contributed by atoms with E-state index in [1.54, 1.807) is 0 Å². The van der Waals surface area contributed by atoms with Gasteiger partial charge in [0.25, 0.3) is 0 Å². The number of pyridine rings is 2. The summed E-state index contributed by atoms with van der Waals surface area (Å²) in [5.74, 6) is 0.0460. The number of aromatic nitrogens is 4. The quantitative estimate of drug-likeness (QED) is 0.100. The third-order valence-electron chi connectivity index (χ3n) is 7.71. The van der Waals surface area contributed by atoms with Crippen molar-refractivity contribution in [3.05, 3.63) is 53.5 Å². The first kappa shape index (κ1) is 32.5. The Morgan fingerprint density at radius 2 is 1.84 bits per heavy atom. The molecule has 0 aromatic carbocycles. The zero-order valence-corrected chi connectivity index (χ0v) is 29.4. The fraction of sp³-hybridized carbons (Fsp3) is 0.545. The molecule has 9 nitrogen and oxygen atoms in total. The fourth-order valence-corrected chi connectivity index (χ4v) is 6.60. The molecule has 2 atom stereocenters. The first-order valence-electron chi connectivity index (χ1n) is 15.6. The van der Waals surface area contributed by atoms with Crippen molar-refractivity contribution in [2.45, 2.75) is 110 Å². The van der Waals surface area contributed by atoms with Gasteiger partial charge in [0.15, 0.2) is 0 Å². The van der Waals surface area contributed by atoms with E-state index in [-0.39, 0.29) is 22.9 Å². The summed E-state index contributed by atoms with van der Waals surface area (Å²) in [6.45, 7) is 19.6. The molecule has 1 fully saturated rings. The van der Waals surface area contributed by atoms with Crippen molar-refractivity contribution in [1.82, 2.24) is 23.7 Å². The number of nitrogens with zero attached hydrogens (tertiary/aromatic N) is 4. The normalized spacial score (nSPS) is 15.8. The Labute approximate surface area is 264 Å². The molecule has 0 radical (unpaired) electrons. The van der Waals surface area contributed by atoms with E-state index in [0.29, 0.717) is 30.5 Å². The maximum absolute atomic E-state index is 12.8. The molecule has 1 saturated carbocycles. The molecule has 1 N–H and O–H groups in total. The first-order chi connectivity index (χ1) is 20.6. The molecule has 0 saturated heterocycles. The summed E-state index contributed by atoms with van der Waals surface area (Å²) >= 11 is 0. The summed E-state index contributed by atoms with van der Waals surface area (Å²) in [5, 5.41) is 0.988. The molecule has 11 heteroatoms. The summed E-state index contributed by atoms with van der Waals surface area (Å²) in [6, 6.07) is 10.7. The van der Waals surface area contributed by atoms with E-state index in [0.717, 1.165) is 52.7 Å². The minimum absolute atomic E-state index is 0.198. The van der Waals surface area contributed by atoms with E-state index < -0.39 is 19.1 Å². The Hall–Kier alpha value is -2.86. The van der Waals surface area contributed by atoms with Crippen molar-refractivity contribution in [3.8, 4) is 11.4 Å². The minimum Gasteiger partial charge on any atom is -0.459 e. The summed E-state index contributed by atoms with van der Waals surface area (Å²) in [5.41, 5.74) is 5.79. The lowest BCUT2D eigenvalue weighted by molar-refractivity contribution is 0.0378. The van der Waals surface area contributed by atoms with Crippen LogP contribution in [0.5, 0.6) is 0 Å². The highest BCUT2D eigenvalue weighted by Gasteiger charge is 2.33. The molecular formula is C33H47N5O4SSi. The Bertz CT molecular complexity index is 1690. The monoisotopic (exact) mass is 637 g/mol. The molecule has 4 aromatic rings. The van der Waals surface area contributed by atoms with Crippen molar-refractivity contribution in [2.24, 2.45) is 0 Å². The number of hydrogen-bond acceptors (Lipinski definition) is 6. The van der Waals surface area contributed by atoms with Gasteiger partial charge in [0.2, 0.25) is 0 Å². The molecule has 0 amide bonds. The van der Waals surface area contributed by atoms with E-state index in [1.807, 2.05) is 65.9 Å². The lowest BCUT2D eigenvalue weighted by atomic mass is 10.1. The molecule has 0 bridgehead atoms. The van der Waals surface area contributed by atoms with Gasteiger partial charge in [-0.3, -0.25) is 4.57 Å². The summed E-state index contributed by atoms with van der Waals surface area (Å²) in [7, 11) is -2.50. The van der Waals surface area contributed by atoms with Crippen molar-refractivity contribution in [3.63, 3.8) is 0 Å². The van der Waals surface area contributed by atoms with Gasteiger partial charge in [0.1, 0.15) is 23.7 Å². The topological polar surface area (TPSA) is 99.8 Å². The SMILES string of the molecule is CC(C)OC(=O)c1ccn2c(C3CC3)c(-c3cc4ccc([C@@H](C)N[S@@](=O)C(C)(C)C)nc4n3COCC[Si](C)(C)C)nc2c1. The average Bonchev–Trinajstić information content (AvgIpc) is 3.60. The Morgan fingerprint density at radius 3 is 2.48 bits per heavy atom. The first-order valence-corrected chi connectivity index (χ1v) is 20.5. The zero-order valence-electron chi connectivity index (χ0n) is 27.6. The molecule has 1 aliphatic carbocycles. The maximum atomic E-state index is 12.8. The second-order valence-electron chi connectivity index (χ2n) is 14.4. The fourth-order valence-electron chi connectivity index (χ4n) is 5.05. The van der Waals surface area contributed by atoms with Gasteiger partial charge in [-0.1, -0.05) is 19.6 Å². The van der Waals surface area contributed by atoms with E-state index in [9.17, 15) is 9.00 Å². The zero-order chi connectivity index (χ0) is 32.0. The van der Waals surface area contributed by atoms with Crippen LogP contribution >= 0.6 is 0 Å². The van der Waals surface area contributed by atoms with Crippen molar-refractivity contribution in [2.75, 3.05) is 6.61 Å². The molecule has 5 rings (SSSR count). The number of carbonyl (C=O) groups excluding carboxylic acids is 1. The Kier molecular flexibility index (Phi) is 9.24. The highest BCUT2D eigenvalue weighted by molar-refractivity contribution is 7.84. The highest BCUT2D eigenvalue weighted by Crippen LogP contribution is 2.45. The number of carbonyl (C=O) groups is 1. The van der Waals surface area contributed by atoms with Gasteiger partial charge in [-0.05, 0) is 90.8 Å². The number of hydrogen-bond donors (Lipinski definition) is 1. The number of esters is 1. The van der Waals surface area contributed by atoms with Crippen molar-refractivity contribution in [1.29, 1.82) is 0 Å². The second-order valence-corrected chi connectivity index (χ2v) is 22.0. The lowest BCUT2D eigenvalue weighted by Gasteiger charge is -2.22. The average molecular weight is 638 g/mol. The third-order valence-corrected chi connectivity index (χ3v) is 11.1. The standard InChI is InChI=1S/C33H47N5O4SSi/c1-21(2)42-32(39)25-14-15-37-28(19-25)35-29(30(37)23-10-11-23)27-18-24-12-13-26(22(3)36-43(40)33(4,5)6)34-31(24)38(27)20-41-16-17-44(7,8)9/h12-15,18-19,21-23,36H,10-11,16-17,20H2,1-9H3/t22-,43+/m1/s1. The molecule has 44 heavy (non-hydrogen) atoms. The number of ether oxygens (including phenoxy) is 2. The van der Waals surface area contributed by atoms with Crippen LogP contribution in [0.2, 0.25) is 25.7 Å². The molecule has 0 spiro atoms. The van der Waals surface area contributed by atoms with Crippen LogP contribution < -0.4 is 4.72 Å². The predicted molar refractivity (Wildman–Crippen MR) is 180 cm³/mol. The van der Waals surface area contributed by atoms with Gasteiger partial charge in [-0.25, -0.2) is 23.7 Å². The van der Waals surface area contributed by atoms with Crippen LogP contribution in [0.3, 0.4) is 0 Å². The smallest absolute Gasteiger partial charge is 0.338 e. The minimum atomic E-state index is -1.27. The summed E-state index contributed by atoms with van der Waals surface area (Å²) < 4.78 is 31.7. The molecule has 0 aliphatic heterocycles. The molecule has 1 aliphatic rings. The van der Waals surface area contributed by atoms with E-state index in [2.05, 4.69) is 45.5 Å². The molecule has 4 heterocycles.